The molecule has 1 nitrogen and oxygen atoms in total. The van der Waals surface area contributed by atoms with Crippen LogP contribution in [0.5, 0.6) is 0 Å². The fourth-order valence-electron chi connectivity index (χ4n) is 1.67. The molecule has 1 unspecified atom stereocenters. The Morgan fingerprint density at radius 1 is 1.12 bits per heavy atom. The van der Waals surface area contributed by atoms with Crippen molar-refractivity contribution < 1.29 is 8.78 Å². The molecule has 1 aromatic rings. The minimum absolute atomic E-state index is 0.761. The molecule has 0 aliphatic rings. The number of rotatable bonds is 7. The maximum atomic E-state index is 12.3. The average Bonchev–Trinajstić information content (AvgIpc) is 2.31. The van der Waals surface area contributed by atoms with Gasteiger partial charge in [-0.1, -0.05) is 31.9 Å². The summed E-state index contributed by atoms with van der Waals surface area (Å²) < 4.78 is 24.7. The summed E-state index contributed by atoms with van der Waals surface area (Å²) in [6, 6.07) is 6.97. The van der Waals surface area contributed by atoms with E-state index in [0.29, 0.717) is 0 Å². The Hall–Kier alpha value is -1.12. The van der Waals surface area contributed by atoms with Gasteiger partial charge in [-0.05, 0) is 37.5 Å². The Balaban J connectivity index is 2.44. The molecular formula is C14H21F2N. The van der Waals surface area contributed by atoms with E-state index in [0.717, 1.165) is 12.1 Å². The number of hydrogen-bond acceptors (Lipinski definition) is 1. The van der Waals surface area contributed by atoms with Gasteiger partial charge in [0.2, 0.25) is 0 Å². The first kappa shape index (κ1) is 13.9. The third kappa shape index (κ3) is 5.16. The van der Waals surface area contributed by atoms with Crippen molar-refractivity contribution in [3.8, 4) is 0 Å². The summed E-state index contributed by atoms with van der Waals surface area (Å²) in [5, 5.41) is 2.79. The zero-order valence-corrected chi connectivity index (χ0v) is 10.5. The van der Waals surface area contributed by atoms with E-state index in [1.54, 1.807) is 0 Å². The molecule has 0 fully saturated rings. The number of halogens is 2. The van der Waals surface area contributed by atoms with E-state index in [1.807, 2.05) is 24.3 Å². The van der Waals surface area contributed by atoms with Gasteiger partial charge in [0.05, 0.1) is 6.04 Å². The third-order valence-corrected chi connectivity index (χ3v) is 2.80. The highest BCUT2D eigenvalue weighted by Crippen LogP contribution is 2.15. The Morgan fingerprint density at radius 2 is 1.76 bits per heavy atom. The van der Waals surface area contributed by atoms with Crippen LogP contribution in [0.15, 0.2) is 24.3 Å². The van der Waals surface area contributed by atoms with E-state index in [-0.39, 0.29) is 0 Å². The largest absolute Gasteiger partial charge is 0.377 e. The summed E-state index contributed by atoms with van der Waals surface area (Å²) >= 11 is 0. The molecule has 1 atom stereocenters. The van der Waals surface area contributed by atoms with Gasteiger partial charge in [0.1, 0.15) is 0 Å². The van der Waals surface area contributed by atoms with Crippen molar-refractivity contribution in [2.45, 2.75) is 52.0 Å². The van der Waals surface area contributed by atoms with Crippen LogP contribution in [0.3, 0.4) is 0 Å². The summed E-state index contributed by atoms with van der Waals surface area (Å²) in [6.45, 7) is 3.67. The molecule has 1 rings (SSSR count). The fraction of sp³-hybridized carbons (Fsp3) is 0.571. The molecule has 0 amide bonds. The van der Waals surface area contributed by atoms with Gasteiger partial charge in [0.25, 0.3) is 6.43 Å². The van der Waals surface area contributed by atoms with Gasteiger partial charge >= 0.3 is 0 Å². The summed E-state index contributed by atoms with van der Waals surface area (Å²) in [6.07, 6.45) is 2.38. The molecule has 0 spiro atoms. The van der Waals surface area contributed by atoms with Crippen molar-refractivity contribution in [2.24, 2.45) is 0 Å². The standard InChI is InChI=1S/C14H21F2N/c1-3-4-5-6-12-7-9-13(10-8-12)17-11(2)14(15)16/h7-11,14,17H,3-6H2,1-2H3. The summed E-state index contributed by atoms with van der Waals surface area (Å²) in [5.41, 5.74) is 2.03. The summed E-state index contributed by atoms with van der Waals surface area (Å²) in [5.74, 6) is 0. The molecule has 0 bridgehead atoms. The van der Waals surface area contributed by atoms with Crippen LogP contribution >= 0.6 is 0 Å². The quantitative estimate of drug-likeness (QED) is 0.694. The maximum absolute atomic E-state index is 12.3. The Morgan fingerprint density at radius 3 is 2.29 bits per heavy atom. The van der Waals surface area contributed by atoms with Gasteiger partial charge in [-0.25, -0.2) is 8.78 Å². The highest BCUT2D eigenvalue weighted by Gasteiger charge is 2.13. The molecule has 0 aliphatic carbocycles. The van der Waals surface area contributed by atoms with E-state index in [4.69, 9.17) is 0 Å². The van der Waals surface area contributed by atoms with Crippen LogP contribution < -0.4 is 5.32 Å². The number of benzene rings is 1. The lowest BCUT2D eigenvalue weighted by atomic mass is 10.1. The van der Waals surface area contributed by atoms with Crippen LogP contribution in [0.1, 0.15) is 38.7 Å². The number of aryl methyl sites for hydroxylation is 1. The van der Waals surface area contributed by atoms with Crippen LogP contribution in [0.4, 0.5) is 14.5 Å². The first-order valence-corrected chi connectivity index (χ1v) is 6.27. The Labute approximate surface area is 102 Å². The Bertz CT molecular complexity index is 309. The first-order chi connectivity index (χ1) is 8.13. The summed E-state index contributed by atoms with van der Waals surface area (Å²) in [4.78, 5) is 0. The second-order valence-electron chi connectivity index (χ2n) is 4.42. The van der Waals surface area contributed by atoms with Crippen LogP contribution in [-0.4, -0.2) is 12.5 Å². The van der Waals surface area contributed by atoms with Crippen molar-refractivity contribution in [1.82, 2.24) is 0 Å². The molecule has 0 heterocycles. The zero-order chi connectivity index (χ0) is 12.7. The molecule has 3 heteroatoms. The molecule has 17 heavy (non-hydrogen) atoms. The number of hydrogen-bond donors (Lipinski definition) is 1. The highest BCUT2D eigenvalue weighted by molar-refractivity contribution is 5.45. The van der Waals surface area contributed by atoms with E-state index in [2.05, 4.69) is 12.2 Å². The molecule has 0 saturated carbocycles. The van der Waals surface area contributed by atoms with Gasteiger partial charge in [-0.2, -0.15) is 0 Å². The van der Waals surface area contributed by atoms with Gasteiger partial charge in [-0.15, -0.1) is 0 Å². The lowest BCUT2D eigenvalue weighted by molar-refractivity contribution is 0.131. The van der Waals surface area contributed by atoms with Crippen LogP contribution in [0, 0.1) is 0 Å². The molecule has 0 saturated heterocycles. The molecule has 96 valence electrons. The first-order valence-electron chi connectivity index (χ1n) is 6.27. The highest BCUT2D eigenvalue weighted by atomic mass is 19.3. The predicted octanol–water partition coefficient (Wildman–Crippen LogP) is 4.48. The lowest BCUT2D eigenvalue weighted by Gasteiger charge is -2.14. The van der Waals surface area contributed by atoms with Crippen molar-refractivity contribution in [3.63, 3.8) is 0 Å². The topological polar surface area (TPSA) is 12.0 Å². The SMILES string of the molecule is CCCCCc1ccc(NC(C)C(F)F)cc1. The van der Waals surface area contributed by atoms with E-state index in [9.17, 15) is 8.78 Å². The third-order valence-electron chi connectivity index (χ3n) is 2.80. The van der Waals surface area contributed by atoms with Gasteiger partial charge in [0, 0.05) is 5.69 Å². The second-order valence-corrected chi connectivity index (χ2v) is 4.42. The Kier molecular flexibility index (Phi) is 5.95. The van der Waals surface area contributed by atoms with E-state index >= 15 is 0 Å². The monoisotopic (exact) mass is 241 g/mol. The molecule has 0 aliphatic heterocycles. The van der Waals surface area contributed by atoms with Crippen LogP contribution in [0.25, 0.3) is 0 Å². The molecule has 0 radical (unpaired) electrons. The summed E-state index contributed by atoms with van der Waals surface area (Å²) in [7, 11) is 0. The zero-order valence-electron chi connectivity index (χ0n) is 10.5. The number of alkyl halides is 2. The van der Waals surface area contributed by atoms with E-state index < -0.39 is 12.5 Å². The normalized spacial score (nSPS) is 12.8. The predicted molar refractivity (Wildman–Crippen MR) is 68.8 cm³/mol. The fourth-order valence-corrected chi connectivity index (χ4v) is 1.67. The lowest BCUT2D eigenvalue weighted by Crippen LogP contribution is -2.23. The van der Waals surface area contributed by atoms with Crippen molar-refractivity contribution in [3.05, 3.63) is 29.8 Å². The number of unbranched alkanes of at least 4 members (excludes halogenated alkanes) is 2. The van der Waals surface area contributed by atoms with Gasteiger partial charge in [0.15, 0.2) is 0 Å². The molecular weight excluding hydrogens is 220 g/mol. The minimum atomic E-state index is -2.33. The van der Waals surface area contributed by atoms with Crippen molar-refractivity contribution in [2.75, 3.05) is 5.32 Å². The maximum Gasteiger partial charge on any atom is 0.258 e. The van der Waals surface area contributed by atoms with Crippen molar-refractivity contribution >= 4 is 5.69 Å². The number of anilines is 1. The van der Waals surface area contributed by atoms with Gasteiger partial charge in [-0.3, -0.25) is 0 Å². The number of nitrogens with one attached hydrogen (secondary N) is 1. The van der Waals surface area contributed by atoms with E-state index in [1.165, 1.54) is 31.7 Å². The van der Waals surface area contributed by atoms with Crippen LogP contribution in [-0.2, 0) is 6.42 Å². The smallest absolute Gasteiger partial charge is 0.258 e. The molecule has 0 aromatic heterocycles. The van der Waals surface area contributed by atoms with Crippen molar-refractivity contribution in [1.29, 1.82) is 0 Å². The van der Waals surface area contributed by atoms with Crippen LogP contribution in [0.2, 0.25) is 0 Å². The van der Waals surface area contributed by atoms with Gasteiger partial charge < -0.3 is 5.32 Å². The minimum Gasteiger partial charge on any atom is -0.377 e. The molecule has 1 N–H and O–H groups in total. The average molecular weight is 241 g/mol. The second kappa shape index (κ2) is 7.25. The molecule has 1 aromatic carbocycles.